The number of alkyl halides is 1. The standard InChI is InChI=1S/C13H20ClNO2/c1-3-4-7-16-8-9-17-13-6-5-12(10-14)11(2)15-13/h5-6H,3-4,7-10H2,1-2H3. The van der Waals surface area contributed by atoms with E-state index in [1.165, 1.54) is 0 Å². The van der Waals surface area contributed by atoms with Gasteiger partial charge in [-0.1, -0.05) is 19.4 Å². The van der Waals surface area contributed by atoms with Crippen LogP contribution in [-0.4, -0.2) is 24.8 Å². The molecule has 1 aromatic rings. The summed E-state index contributed by atoms with van der Waals surface area (Å²) in [6, 6.07) is 3.79. The van der Waals surface area contributed by atoms with Crippen molar-refractivity contribution >= 4 is 11.6 Å². The monoisotopic (exact) mass is 257 g/mol. The summed E-state index contributed by atoms with van der Waals surface area (Å²) < 4.78 is 10.9. The fraction of sp³-hybridized carbons (Fsp3) is 0.615. The fourth-order valence-electron chi connectivity index (χ4n) is 1.34. The van der Waals surface area contributed by atoms with Crippen LogP contribution >= 0.6 is 11.6 Å². The van der Waals surface area contributed by atoms with E-state index in [1.54, 1.807) is 0 Å². The molecule has 0 radical (unpaired) electrons. The average Bonchev–Trinajstić information content (AvgIpc) is 2.34. The van der Waals surface area contributed by atoms with E-state index in [0.29, 0.717) is 25.0 Å². The molecule has 0 amide bonds. The minimum absolute atomic E-state index is 0.485. The highest BCUT2D eigenvalue weighted by Gasteiger charge is 2.01. The molecule has 0 aromatic carbocycles. The predicted molar refractivity (Wildman–Crippen MR) is 69.8 cm³/mol. The van der Waals surface area contributed by atoms with Gasteiger partial charge >= 0.3 is 0 Å². The van der Waals surface area contributed by atoms with E-state index in [-0.39, 0.29) is 0 Å². The molecule has 0 aliphatic carbocycles. The van der Waals surface area contributed by atoms with Crippen LogP contribution in [0.15, 0.2) is 12.1 Å². The summed E-state index contributed by atoms with van der Waals surface area (Å²) in [7, 11) is 0. The first-order valence-corrected chi connectivity index (χ1v) is 6.54. The summed E-state index contributed by atoms with van der Waals surface area (Å²) in [4.78, 5) is 4.32. The zero-order valence-corrected chi connectivity index (χ0v) is 11.3. The normalized spacial score (nSPS) is 10.5. The van der Waals surface area contributed by atoms with Crippen molar-refractivity contribution in [3.8, 4) is 5.88 Å². The minimum Gasteiger partial charge on any atom is -0.475 e. The third kappa shape index (κ3) is 5.37. The maximum atomic E-state index is 5.76. The average molecular weight is 258 g/mol. The van der Waals surface area contributed by atoms with Crippen molar-refractivity contribution in [2.24, 2.45) is 0 Å². The molecule has 96 valence electrons. The van der Waals surface area contributed by atoms with E-state index >= 15 is 0 Å². The number of aromatic nitrogens is 1. The van der Waals surface area contributed by atoms with Gasteiger partial charge in [-0.3, -0.25) is 0 Å². The molecule has 0 atom stereocenters. The lowest BCUT2D eigenvalue weighted by molar-refractivity contribution is 0.0964. The van der Waals surface area contributed by atoms with Gasteiger partial charge in [0.25, 0.3) is 0 Å². The number of hydrogen-bond donors (Lipinski definition) is 0. The second kappa shape index (κ2) is 8.31. The second-order valence-corrected chi connectivity index (χ2v) is 4.11. The molecule has 3 nitrogen and oxygen atoms in total. The Hall–Kier alpha value is -0.800. The van der Waals surface area contributed by atoms with Gasteiger partial charge in [-0.2, -0.15) is 0 Å². The lowest BCUT2D eigenvalue weighted by Gasteiger charge is -2.08. The largest absolute Gasteiger partial charge is 0.475 e. The van der Waals surface area contributed by atoms with Gasteiger partial charge in [-0.25, -0.2) is 4.98 Å². The van der Waals surface area contributed by atoms with Crippen LogP contribution < -0.4 is 4.74 Å². The maximum absolute atomic E-state index is 5.76. The van der Waals surface area contributed by atoms with E-state index in [4.69, 9.17) is 21.1 Å². The zero-order valence-electron chi connectivity index (χ0n) is 10.5. The summed E-state index contributed by atoms with van der Waals surface area (Å²) >= 11 is 5.76. The molecule has 1 aromatic heterocycles. The highest BCUT2D eigenvalue weighted by molar-refractivity contribution is 6.17. The molecule has 0 saturated carbocycles. The van der Waals surface area contributed by atoms with Crippen LogP contribution in [0.2, 0.25) is 0 Å². The van der Waals surface area contributed by atoms with Crippen LogP contribution in [0.1, 0.15) is 31.0 Å². The first-order chi connectivity index (χ1) is 8.27. The number of nitrogens with zero attached hydrogens (tertiary/aromatic N) is 1. The van der Waals surface area contributed by atoms with Crippen molar-refractivity contribution < 1.29 is 9.47 Å². The van der Waals surface area contributed by atoms with Crippen LogP contribution in [0.3, 0.4) is 0 Å². The molecule has 0 N–H and O–H groups in total. The number of ether oxygens (including phenoxy) is 2. The van der Waals surface area contributed by atoms with Gasteiger partial charge in [0.15, 0.2) is 0 Å². The zero-order chi connectivity index (χ0) is 12.5. The van der Waals surface area contributed by atoms with Gasteiger partial charge < -0.3 is 9.47 Å². The predicted octanol–water partition coefficient (Wildman–Crippen LogP) is 3.32. The molecule has 1 heterocycles. The minimum atomic E-state index is 0.485. The van der Waals surface area contributed by atoms with Gasteiger partial charge in [0.05, 0.1) is 6.61 Å². The van der Waals surface area contributed by atoms with Crippen LogP contribution in [0.4, 0.5) is 0 Å². The number of rotatable bonds is 8. The highest BCUT2D eigenvalue weighted by atomic mass is 35.5. The first kappa shape index (κ1) is 14.3. The van der Waals surface area contributed by atoms with E-state index in [0.717, 1.165) is 30.7 Å². The van der Waals surface area contributed by atoms with Crippen LogP contribution in [0.25, 0.3) is 0 Å². The molecule has 0 fully saturated rings. The maximum Gasteiger partial charge on any atom is 0.213 e. The Bertz CT molecular complexity index is 331. The van der Waals surface area contributed by atoms with Gasteiger partial charge in [0.1, 0.15) is 6.61 Å². The van der Waals surface area contributed by atoms with Gasteiger partial charge in [0.2, 0.25) is 5.88 Å². The van der Waals surface area contributed by atoms with Crippen molar-refractivity contribution in [1.82, 2.24) is 4.98 Å². The Balaban J connectivity index is 2.25. The number of unbranched alkanes of at least 4 members (excludes halogenated alkanes) is 1. The third-order valence-electron chi connectivity index (χ3n) is 2.43. The first-order valence-electron chi connectivity index (χ1n) is 6.01. The molecule has 1 rings (SSSR count). The summed E-state index contributed by atoms with van der Waals surface area (Å²) in [6.07, 6.45) is 2.25. The number of hydrogen-bond acceptors (Lipinski definition) is 3. The van der Waals surface area contributed by atoms with Gasteiger partial charge in [-0.15, -0.1) is 11.6 Å². The Morgan fingerprint density at radius 1 is 1.24 bits per heavy atom. The fourth-order valence-corrected chi connectivity index (χ4v) is 1.62. The molecule has 0 aliphatic heterocycles. The van der Waals surface area contributed by atoms with Gasteiger partial charge in [-0.05, 0) is 18.9 Å². The van der Waals surface area contributed by atoms with E-state index < -0.39 is 0 Å². The molecule has 0 spiro atoms. The summed E-state index contributed by atoms with van der Waals surface area (Å²) in [5, 5.41) is 0. The van der Waals surface area contributed by atoms with Crippen LogP contribution in [0.5, 0.6) is 5.88 Å². The molecule has 0 bridgehead atoms. The lowest BCUT2D eigenvalue weighted by Crippen LogP contribution is -2.08. The molecule has 0 unspecified atom stereocenters. The molecule has 17 heavy (non-hydrogen) atoms. The molecular formula is C13H20ClNO2. The van der Waals surface area contributed by atoms with Gasteiger partial charge in [0, 0.05) is 24.2 Å². The SMILES string of the molecule is CCCCOCCOc1ccc(CCl)c(C)n1. The Kier molecular flexibility index (Phi) is 6.97. The molecule has 0 saturated heterocycles. The van der Waals surface area contributed by atoms with Crippen molar-refractivity contribution in [1.29, 1.82) is 0 Å². The summed E-state index contributed by atoms with van der Waals surface area (Å²) in [5.74, 6) is 1.12. The van der Waals surface area contributed by atoms with E-state index in [1.807, 2.05) is 19.1 Å². The van der Waals surface area contributed by atoms with E-state index in [9.17, 15) is 0 Å². The van der Waals surface area contributed by atoms with Crippen molar-refractivity contribution in [3.05, 3.63) is 23.4 Å². The molecule has 4 heteroatoms. The Labute approximate surface area is 108 Å². The van der Waals surface area contributed by atoms with Crippen molar-refractivity contribution in [2.75, 3.05) is 19.8 Å². The Morgan fingerprint density at radius 3 is 2.71 bits per heavy atom. The van der Waals surface area contributed by atoms with Crippen LogP contribution in [-0.2, 0) is 10.6 Å². The van der Waals surface area contributed by atoms with Crippen molar-refractivity contribution in [2.45, 2.75) is 32.6 Å². The lowest BCUT2D eigenvalue weighted by atomic mass is 10.2. The number of halogens is 1. The summed E-state index contributed by atoms with van der Waals surface area (Å²) in [6.45, 7) is 6.03. The van der Waals surface area contributed by atoms with Crippen LogP contribution in [0, 0.1) is 6.92 Å². The van der Waals surface area contributed by atoms with E-state index in [2.05, 4.69) is 11.9 Å². The third-order valence-corrected chi connectivity index (χ3v) is 2.72. The topological polar surface area (TPSA) is 31.4 Å². The summed E-state index contributed by atoms with van der Waals surface area (Å²) in [5.41, 5.74) is 1.96. The molecular weight excluding hydrogens is 238 g/mol. The molecule has 0 aliphatic rings. The second-order valence-electron chi connectivity index (χ2n) is 3.84. The Morgan fingerprint density at radius 2 is 2.06 bits per heavy atom. The number of pyridine rings is 1. The highest BCUT2D eigenvalue weighted by Crippen LogP contribution is 2.14. The smallest absolute Gasteiger partial charge is 0.213 e. The van der Waals surface area contributed by atoms with Crippen molar-refractivity contribution in [3.63, 3.8) is 0 Å². The quantitative estimate of drug-likeness (QED) is 0.529. The number of aryl methyl sites for hydroxylation is 1.